The average Bonchev–Trinajstić information content (AvgIpc) is 2.81. The molecule has 1 aliphatic rings. The van der Waals surface area contributed by atoms with Crippen molar-refractivity contribution in [1.29, 1.82) is 0 Å². The number of nitrogens with zero attached hydrogens (tertiary/aromatic N) is 1. The van der Waals surface area contributed by atoms with Crippen molar-refractivity contribution in [2.45, 2.75) is 32.1 Å². The highest BCUT2D eigenvalue weighted by Crippen LogP contribution is 2.33. The van der Waals surface area contributed by atoms with Crippen LogP contribution < -0.4 is 5.73 Å². The molecule has 0 fully saturated rings. The van der Waals surface area contributed by atoms with Crippen LogP contribution in [0, 0.1) is 0 Å². The zero-order chi connectivity index (χ0) is 14.1. The first-order valence-electron chi connectivity index (χ1n) is 6.97. The molecule has 2 unspecified atom stereocenters. The third kappa shape index (κ3) is 2.66. The lowest BCUT2D eigenvalue weighted by Crippen LogP contribution is -2.36. The molecule has 0 amide bonds. The molecule has 2 N–H and O–H groups in total. The predicted octanol–water partition coefficient (Wildman–Crippen LogP) is 3.85. The van der Waals surface area contributed by atoms with Crippen LogP contribution in [0.25, 0.3) is 0 Å². The van der Waals surface area contributed by atoms with Crippen LogP contribution in [0.1, 0.15) is 29.7 Å². The van der Waals surface area contributed by atoms with E-state index in [1.165, 1.54) is 16.7 Å². The molecule has 2 aromatic carbocycles. The Hall–Kier alpha value is -1.16. The standard InChI is InChI=1S/C17H19BrN2/c1-12(19)17(13-7-4-8-16(18)9-13)20-10-14-5-2-3-6-15(14)11-20/h2-9,12,17H,10-11,19H2,1H3. The van der Waals surface area contributed by atoms with Crippen LogP contribution in [0.3, 0.4) is 0 Å². The molecule has 2 nitrogen and oxygen atoms in total. The minimum atomic E-state index is 0.0959. The normalized spacial score (nSPS) is 17.8. The highest BCUT2D eigenvalue weighted by atomic mass is 79.9. The molecule has 0 radical (unpaired) electrons. The number of benzene rings is 2. The molecule has 0 spiro atoms. The van der Waals surface area contributed by atoms with Crippen LogP contribution in [0.5, 0.6) is 0 Å². The lowest BCUT2D eigenvalue weighted by Gasteiger charge is -2.31. The Bertz CT molecular complexity index is 584. The molecule has 1 aliphatic heterocycles. The number of nitrogens with two attached hydrogens (primary N) is 1. The molecule has 0 aliphatic carbocycles. The average molecular weight is 331 g/mol. The number of hydrogen-bond donors (Lipinski definition) is 1. The van der Waals surface area contributed by atoms with E-state index in [9.17, 15) is 0 Å². The SMILES string of the molecule is CC(N)C(c1cccc(Br)c1)N1Cc2ccccc2C1. The summed E-state index contributed by atoms with van der Waals surface area (Å²) >= 11 is 3.56. The molecule has 0 saturated carbocycles. The maximum absolute atomic E-state index is 6.28. The van der Waals surface area contributed by atoms with Gasteiger partial charge >= 0.3 is 0 Å². The van der Waals surface area contributed by atoms with Gasteiger partial charge in [0, 0.05) is 23.6 Å². The Morgan fingerprint density at radius 2 is 1.70 bits per heavy atom. The van der Waals surface area contributed by atoms with Gasteiger partial charge in [0.25, 0.3) is 0 Å². The van der Waals surface area contributed by atoms with Crippen LogP contribution in [0.15, 0.2) is 53.0 Å². The Balaban J connectivity index is 1.90. The first-order valence-corrected chi connectivity index (χ1v) is 7.76. The Morgan fingerprint density at radius 3 is 2.25 bits per heavy atom. The van der Waals surface area contributed by atoms with Gasteiger partial charge in [-0.05, 0) is 35.7 Å². The van der Waals surface area contributed by atoms with Crippen molar-refractivity contribution in [2.75, 3.05) is 0 Å². The summed E-state index contributed by atoms with van der Waals surface area (Å²) in [5, 5.41) is 0. The third-order valence-corrected chi connectivity index (χ3v) is 4.44. The van der Waals surface area contributed by atoms with Crippen LogP contribution in [0.4, 0.5) is 0 Å². The molecule has 0 aromatic heterocycles. The summed E-state index contributed by atoms with van der Waals surface area (Å²) in [6, 6.07) is 17.5. The topological polar surface area (TPSA) is 29.3 Å². The number of fused-ring (bicyclic) bond motifs is 1. The van der Waals surface area contributed by atoms with Crippen molar-refractivity contribution >= 4 is 15.9 Å². The molecule has 1 heterocycles. The summed E-state index contributed by atoms with van der Waals surface area (Å²) in [7, 11) is 0. The van der Waals surface area contributed by atoms with Crippen LogP contribution >= 0.6 is 15.9 Å². The maximum atomic E-state index is 6.28. The second kappa shape index (κ2) is 5.68. The summed E-state index contributed by atoms with van der Waals surface area (Å²) in [5.41, 5.74) is 10.4. The maximum Gasteiger partial charge on any atom is 0.0503 e. The minimum absolute atomic E-state index is 0.0959. The van der Waals surface area contributed by atoms with Crippen molar-refractivity contribution < 1.29 is 0 Å². The monoisotopic (exact) mass is 330 g/mol. The lowest BCUT2D eigenvalue weighted by molar-refractivity contribution is 0.178. The largest absolute Gasteiger partial charge is 0.326 e. The summed E-state index contributed by atoms with van der Waals surface area (Å²) in [6.07, 6.45) is 0. The first kappa shape index (κ1) is 13.8. The zero-order valence-electron chi connectivity index (χ0n) is 11.6. The molecule has 0 bridgehead atoms. The van der Waals surface area contributed by atoms with Crippen molar-refractivity contribution in [3.05, 3.63) is 69.7 Å². The summed E-state index contributed by atoms with van der Waals surface area (Å²) in [4.78, 5) is 2.47. The molecule has 2 atom stereocenters. The lowest BCUT2D eigenvalue weighted by atomic mass is 9.99. The molecule has 104 valence electrons. The third-order valence-electron chi connectivity index (χ3n) is 3.95. The van der Waals surface area contributed by atoms with E-state index in [0.717, 1.165) is 17.6 Å². The van der Waals surface area contributed by atoms with Gasteiger partial charge in [-0.3, -0.25) is 4.90 Å². The molecule has 3 rings (SSSR count). The van der Waals surface area contributed by atoms with E-state index in [1.54, 1.807) is 0 Å². The van der Waals surface area contributed by atoms with Gasteiger partial charge in [0.1, 0.15) is 0 Å². The summed E-state index contributed by atoms with van der Waals surface area (Å²) in [6.45, 7) is 4.05. The number of halogens is 1. The van der Waals surface area contributed by atoms with Gasteiger partial charge in [-0.15, -0.1) is 0 Å². The van der Waals surface area contributed by atoms with Gasteiger partial charge in [-0.25, -0.2) is 0 Å². The van der Waals surface area contributed by atoms with Crippen LogP contribution in [-0.4, -0.2) is 10.9 Å². The molecule has 20 heavy (non-hydrogen) atoms. The fraction of sp³-hybridized carbons (Fsp3) is 0.294. The van der Waals surface area contributed by atoms with Crippen molar-refractivity contribution in [3.63, 3.8) is 0 Å². The van der Waals surface area contributed by atoms with Gasteiger partial charge in [0.2, 0.25) is 0 Å². The Labute approximate surface area is 128 Å². The minimum Gasteiger partial charge on any atom is -0.326 e. The van der Waals surface area contributed by atoms with Gasteiger partial charge in [-0.2, -0.15) is 0 Å². The summed E-state index contributed by atoms with van der Waals surface area (Å²) in [5.74, 6) is 0. The first-order chi connectivity index (χ1) is 9.65. The highest BCUT2D eigenvalue weighted by molar-refractivity contribution is 9.10. The van der Waals surface area contributed by atoms with Gasteiger partial charge in [0.15, 0.2) is 0 Å². The number of hydrogen-bond acceptors (Lipinski definition) is 2. The van der Waals surface area contributed by atoms with Crippen molar-refractivity contribution in [2.24, 2.45) is 5.73 Å². The van der Waals surface area contributed by atoms with E-state index in [2.05, 4.69) is 76.3 Å². The number of rotatable bonds is 3. The van der Waals surface area contributed by atoms with E-state index in [1.807, 2.05) is 0 Å². The van der Waals surface area contributed by atoms with E-state index in [0.29, 0.717) is 0 Å². The highest BCUT2D eigenvalue weighted by Gasteiger charge is 2.29. The molecule has 2 aromatic rings. The van der Waals surface area contributed by atoms with Crippen LogP contribution in [-0.2, 0) is 13.1 Å². The zero-order valence-corrected chi connectivity index (χ0v) is 13.2. The predicted molar refractivity (Wildman–Crippen MR) is 86.2 cm³/mol. The van der Waals surface area contributed by atoms with Gasteiger partial charge in [0.05, 0.1) is 6.04 Å². The second-order valence-corrected chi connectivity index (χ2v) is 6.45. The second-order valence-electron chi connectivity index (χ2n) is 5.53. The van der Waals surface area contributed by atoms with Gasteiger partial charge in [-0.1, -0.05) is 52.3 Å². The fourth-order valence-electron chi connectivity index (χ4n) is 3.09. The van der Waals surface area contributed by atoms with E-state index in [4.69, 9.17) is 5.73 Å². The van der Waals surface area contributed by atoms with E-state index < -0.39 is 0 Å². The van der Waals surface area contributed by atoms with E-state index in [-0.39, 0.29) is 12.1 Å². The molecular formula is C17H19BrN2. The van der Waals surface area contributed by atoms with Crippen molar-refractivity contribution in [1.82, 2.24) is 4.90 Å². The Morgan fingerprint density at radius 1 is 1.05 bits per heavy atom. The van der Waals surface area contributed by atoms with Crippen LogP contribution in [0.2, 0.25) is 0 Å². The quantitative estimate of drug-likeness (QED) is 0.926. The molecule has 3 heteroatoms. The smallest absolute Gasteiger partial charge is 0.0503 e. The van der Waals surface area contributed by atoms with Gasteiger partial charge < -0.3 is 5.73 Å². The van der Waals surface area contributed by atoms with Crippen molar-refractivity contribution in [3.8, 4) is 0 Å². The van der Waals surface area contributed by atoms with E-state index >= 15 is 0 Å². The fourth-order valence-corrected chi connectivity index (χ4v) is 3.51. The molecular weight excluding hydrogens is 312 g/mol. The Kier molecular flexibility index (Phi) is 3.92. The summed E-state index contributed by atoms with van der Waals surface area (Å²) < 4.78 is 1.11. The molecule has 0 saturated heterocycles.